The van der Waals surface area contributed by atoms with Gasteiger partial charge in [-0.25, -0.2) is 4.79 Å². The zero-order valence-corrected chi connectivity index (χ0v) is 14.5. The number of aromatic nitrogens is 4. The van der Waals surface area contributed by atoms with Crippen molar-refractivity contribution in [2.45, 2.75) is 45.3 Å². The van der Waals surface area contributed by atoms with Crippen LogP contribution in [0.1, 0.15) is 32.6 Å². The van der Waals surface area contributed by atoms with Gasteiger partial charge in [-0.1, -0.05) is 13.3 Å². The first-order valence-electron chi connectivity index (χ1n) is 8.77. The Bertz CT molecular complexity index is 751. The third-order valence-corrected chi connectivity index (χ3v) is 4.15. The number of fused-ring (bicyclic) bond motifs is 1. The van der Waals surface area contributed by atoms with Gasteiger partial charge in [-0.05, 0) is 19.3 Å². The standard InChI is InChI=1S/C16H25N5O4/c1-2-3-7-25-15-19-13(17)12-14(20-15)21(16(22)18-12)6-9-23-10-11-5-4-8-24-11/h11H,2-10H2,1H3,(H,18,22)(H2,17,19,20). The zero-order valence-electron chi connectivity index (χ0n) is 14.5. The van der Waals surface area contributed by atoms with Crippen molar-refractivity contribution >= 4 is 17.0 Å². The van der Waals surface area contributed by atoms with E-state index in [0.29, 0.717) is 37.5 Å². The molecule has 3 rings (SSSR count). The van der Waals surface area contributed by atoms with Gasteiger partial charge in [-0.3, -0.25) is 4.57 Å². The number of nitrogens with two attached hydrogens (primary N) is 1. The van der Waals surface area contributed by atoms with Gasteiger partial charge in [-0.15, -0.1) is 0 Å². The molecule has 25 heavy (non-hydrogen) atoms. The minimum atomic E-state index is -0.289. The highest BCUT2D eigenvalue weighted by molar-refractivity contribution is 5.81. The Balaban J connectivity index is 1.67. The van der Waals surface area contributed by atoms with E-state index in [1.807, 2.05) is 0 Å². The molecule has 1 atom stereocenters. The topological polar surface area (TPSA) is 117 Å². The van der Waals surface area contributed by atoms with Crippen molar-refractivity contribution < 1.29 is 14.2 Å². The van der Waals surface area contributed by atoms with Crippen molar-refractivity contribution in [3.05, 3.63) is 10.5 Å². The normalized spacial score (nSPS) is 17.4. The van der Waals surface area contributed by atoms with Crippen molar-refractivity contribution in [1.82, 2.24) is 19.5 Å². The number of hydrogen-bond acceptors (Lipinski definition) is 7. The van der Waals surface area contributed by atoms with Gasteiger partial charge in [-0.2, -0.15) is 9.97 Å². The molecule has 0 amide bonds. The van der Waals surface area contributed by atoms with E-state index in [1.165, 1.54) is 4.57 Å². The highest BCUT2D eigenvalue weighted by Gasteiger charge is 2.17. The maximum Gasteiger partial charge on any atom is 0.327 e. The van der Waals surface area contributed by atoms with Gasteiger partial charge in [0.15, 0.2) is 11.5 Å². The van der Waals surface area contributed by atoms with Crippen LogP contribution in [-0.4, -0.2) is 52.1 Å². The Kier molecular flexibility index (Phi) is 5.87. The number of nitrogens with one attached hydrogen (secondary N) is 1. The predicted molar refractivity (Wildman–Crippen MR) is 92.8 cm³/mol. The fourth-order valence-corrected chi connectivity index (χ4v) is 2.76. The molecular weight excluding hydrogens is 326 g/mol. The summed E-state index contributed by atoms with van der Waals surface area (Å²) in [5, 5.41) is 0. The van der Waals surface area contributed by atoms with Crippen LogP contribution in [0.5, 0.6) is 6.01 Å². The molecule has 2 aromatic rings. The molecule has 2 aromatic heterocycles. The van der Waals surface area contributed by atoms with E-state index in [9.17, 15) is 4.79 Å². The Morgan fingerprint density at radius 1 is 1.40 bits per heavy atom. The SMILES string of the molecule is CCCCOc1nc(N)c2[nH]c(=O)n(CCOCC3CCCO3)c2n1. The summed E-state index contributed by atoms with van der Waals surface area (Å²) in [6, 6.07) is 0.187. The maximum absolute atomic E-state index is 12.2. The number of H-pyrrole nitrogens is 1. The Hall–Kier alpha value is -2.13. The van der Waals surface area contributed by atoms with Crippen LogP contribution in [0.4, 0.5) is 5.82 Å². The second-order valence-electron chi connectivity index (χ2n) is 6.08. The largest absolute Gasteiger partial charge is 0.463 e. The van der Waals surface area contributed by atoms with E-state index in [0.717, 1.165) is 32.3 Å². The molecular formula is C16H25N5O4. The molecule has 138 valence electrons. The second-order valence-corrected chi connectivity index (χ2v) is 6.08. The molecule has 3 N–H and O–H groups in total. The molecule has 1 aliphatic heterocycles. The van der Waals surface area contributed by atoms with Crippen LogP contribution in [0, 0.1) is 0 Å². The zero-order chi connectivity index (χ0) is 17.6. The molecule has 0 aliphatic carbocycles. The van der Waals surface area contributed by atoms with Crippen LogP contribution in [-0.2, 0) is 16.0 Å². The molecule has 1 saturated heterocycles. The quantitative estimate of drug-likeness (QED) is 0.649. The van der Waals surface area contributed by atoms with Gasteiger partial charge in [0.1, 0.15) is 5.52 Å². The number of rotatable bonds is 9. The lowest BCUT2D eigenvalue weighted by Gasteiger charge is -2.10. The van der Waals surface area contributed by atoms with Gasteiger partial charge in [0.2, 0.25) is 0 Å². The number of unbranched alkanes of at least 4 members (excludes halogenated alkanes) is 1. The molecule has 1 unspecified atom stereocenters. The van der Waals surface area contributed by atoms with Crippen molar-refractivity contribution in [2.75, 3.05) is 32.2 Å². The average molecular weight is 351 g/mol. The molecule has 0 saturated carbocycles. The molecule has 0 radical (unpaired) electrons. The minimum absolute atomic E-state index is 0.163. The molecule has 0 aromatic carbocycles. The van der Waals surface area contributed by atoms with Gasteiger partial charge < -0.3 is 24.9 Å². The molecule has 0 bridgehead atoms. The van der Waals surface area contributed by atoms with E-state index >= 15 is 0 Å². The number of nitrogen functional groups attached to an aromatic ring is 1. The van der Waals surface area contributed by atoms with Crippen LogP contribution in [0.2, 0.25) is 0 Å². The lowest BCUT2D eigenvalue weighted by molar-refractivity contribution is 0.0149. The van der Waals surface area contributed by atoms with E-state index in [1.54, 1.807) is 0 Å². The Morgan fingerprint density at radius 3 is 3.04 bits per heavy atom. The second kappa shape index (κ2) is 8.30. The summed E-state index contributed by atoms with van der Waals surface area (Å²) in [5.74, 6) is 0.202. The van der Waals surface area contributed by atoms with Crippen molar-refractivity contribution in [3.63, 3.8) is 0 Å². The van der Waals surface area contributed by atoms with E-state index in [-0.39, 0.29) is 23.6 Å². The smallest absolute Gasteiger partial charge is 0.327 e. The number of aromatic amines is 1. The first-order chi connectivity index (χ1) is 12.2. The summed E-state index contributed by atoms with van der Waals surface area (Å²) >= 11 is 0. The van der Waals surface area contributed by atoms with Crippen LogP contribution >= 0.6 is 0 Å². The maximum atomic E-state index is 12.2. The third-order valence-electron chi connectivity index (χ3n) is 4.15. The Labute approximate surface area is 145 Å². The number of hydrogen-bond donors (Lipinski definition) is 2. The van der Waals surface area contributed by atoms with Crippen LogP contribution < -0.4 is 16.2 Å². The summed E-state index contributed by atoms with van der Waals surface area (Å²) in [4.78, 5) is 23.3. The highest BCUT2D eigenvalue weighted by Crippen LogP contribution is 2.18. The molecule has 9 nitrogen and oxygen atoms in total. The molecule has 9 heteroatoms. The summed E-state index contributed by atoms with van der Waals surface area (Å²) in [6.07, 6.45) is 4.17. The van der Waals surface area contributed by atoms with Crippen LogP contribution in [0.3, 0.4) is 0 Å². The summed E-state index contributed by atoms with van der Waals surface area (Å²) < 4.78 is 18.1. The van der Waals surface area contributed by atoms with Crippen molar-refractivity contribution in [3.8, 4) is 6.01 Å². The molecule has 1 fully saturated rings. The number of nitrogens with zero attached hydrogens (tertiary/aromatic N) is 3. The monoisotopic (exact) mass is 351 g/mol. The lowest BCUT2D eigenvalue weighted by Crippen LogP contribution is -2.22. The van der Waals surface area contributed by atoms with Gasteiger partial charge >= 0.3 is 11.7 Å². The minimum Gasteiger partial charge on any atom is -0.463 e. The first kappa shape index (κ1) is 17.7. The van der Waals surface area contributed by atoms with Gasteiger partial charge in [0.25, 0.3) is 0 Å². The fourth-order valence-electron chi connectivity index (χ4n) is 2.76. The Morgan fingerprint density at radius 2 is 2.28 bits per heavy atom. The van der Waals surface area contributed by atoms with Gasteiger partial charge in [0, 0.05) is 6.61 Å². The number of imidazole rings is 1. The van der Waals surface area contributed by atoms with Gasteiger partial charge in [0.05, 0.1) is 32.5 Å². The number of anilines is 1. The average Bonchev–Trinajstić information content (AvgIpc) is 3.21. The van der Waals surface area contributed by atoms with Crippen molar-refractivity contribution in [2.24, 2.45) is 0 Å². The fraction of sp³-hybridized carbons (Fsp3) is 0.688. The summed E-state index contributed by atoms with van der Waals surface area (Å²) in [7, 11) is 0. The molecule has 3 heterocycles. The van der Waals surface area contributed by atoms with E-state index in [4.69, 9.17) is 19.9 Å². The van der Waals surface area contributed by atoms with Crippen LogP contribution in [0.25, 0.3) is 11.2 Å². The molecule has 1 aliphatic rings. The predicted octanol–water partition coefficient (Wildman–Crippen LogP) is 1.08. The van der Waals surface area contributed by atoms with Crippen LogP contribution in [0.15, 0.2) is 4.79 Å². The highest BCUT2D eigenvalue weighted by atomic mass is 16.5. The summed E-state index contributed by atoms with van der Waals surface area (Å²) in [6.45, 7) is 4.69. The summed E-state index contributed by atoms with van der Waals surface area (Å²) in [5.41, 5.74) is 6.49. The molecule has 0 spiro atoms. The van der Waals surface area contributed by atoms with Crippen molar-refractivity contribution in [1.29, 1.82) is 0 Å². The first-order valence-corrected chi connectivity index (χ1v) is 8.77. The lowest BCUT2D eigenvalue weighted by atomic mass is 10.2. The third kappa shape index (κ3) is 4.29. The van der Waals surface area contributed by atoms with E-state index < -0.39 is 0 Å². The number of ether oxygens (including phenoxy) is 3. The van der Waals surface area contributed by atoms with E-state index in [2.05, 4.69) is 21.9 Å².